The smallest absolute Gasteiger partial charge is 0.259 e. The van der Waals surface area contributed by atoms with E-state index >= 15 is 0 Å². The van der Waals surface area contributed by atoms with Crippen LogP contribution in [-0.2, 0) is 18.3 Å². The molecule has 1 amide bonds. The van der Waals surface area contributed by atoms with Crippen LogP contribution in [0.4, 0.5) is 26.0 Å². The van der Waals surface area contributed by atoms with E-state index in [1.165, 1.54) is 43.8 Å². The van der Waals surface area contributed by atoms with Gasteiger partial charge in [-0.15, -0.1) is 0 Å². The van der Waals surface area contributed by atoms with Gasteiger partial charge in [-0.1, -0.05) is 19.9 Å². The number of rotatable bonds is 8. The first-order valence-corrected chi connectivity index (χ1v) is 13.6. The number of halogens is 2. The first-order valence-electron chi connectivity index (χ1n) is 12.5. The highest BCUT2D eigenvalue weighted by Crippen LogP contribution is 2.36. The van der Waals surface area contributed by atoms with E-state index in [1.807, 2.05) is 18.6 Å². The predicted molar refractivity (Wildman–Crippen MR) is 152 cm³/mol. The first-order chi connectivity index (χ1) is 19.0. The van der Waals surface area contributed by atoms with Crippen molar-refractivity contribution in [2.75, 3.05) is 17.1 Å². The van der Waals surface area contributed by atoms with E-state index in [0.717, 1.165) is 25.0 Å². The van der Waals surface area contributed by atoms with E-state index < -0.39 is 34.4 Å². The zero-order valence-electron chi connectivity index (χ0n) is 23.2. The maximum Gasteiger partial charge on any atom is 0.259 e. The zero-order valence-corrected chi connectivity index (χ0v) is 24.0. The molecule has 1 aliphatic rings. The number of carbonyl (C=O) groups excluding carboxylic acids is 1. The third kappa shape index (κ3) is 8.10. The van der Waals surface area contributed by atoms with E-state index in [0.29, 0.717) is 5.56 Å². The SMILES string of the molecule is CC.CN.Cc1ccc(Nc2c(C(=O)NC3CC3)c(Oc3cc(F)cc(NS(=O)[O-])c3)c(C)c(=O)n2C)c(F)c1. The molecule has 1 atom stereocenters. The highest BCUT2D eigenvalue weighted by Gasteiger charge is 2.30. The number of benzene rings is 2. The van der Waals surface area contributed by atoms with Crippen molar-refractivity contribution in [3.05, 3.63) is 75.1 Å². The highest BCUT2D eigenvalue weighted by molar-refractivity contribution is 7.80. The molecule has 4 rings (SSSR count). The molecule has 0 saturated heterocycles. The molecule has 5 N–H and O–H groups in total. The number of aromatic nitrogens is 1. The van der Waals surface area contributed by atoms with Crippen LogP contribution >= 0.6 is 0 Å². The van der Waals surface area contributed by atoms with E-state index in [1.54, 1.807) is 13.0 Å². The monoisotopic (exact) mass is 578 g/mol. The Morgan fingerprint density at radius 1 is 1.12 bits per heavy atom. The summed E-state index contributed by atoms with van der Waals surface area (Å²) in [5, 5.41) is 5.67. The fourth-order valence-corrected chi connectivity index (χ4v) is 3.94. The minimum atomic E-state index is -2.72. The van der Waals surface area contributed by atoms with Crippen molar-refractivity contribution in [2.24, 2.45) is 12.8 Å². The van der Waals surface area contributed by atoms with Gasteiger partial charge in [0.2, 0.25) is 0 Å². The van der Waals surface area contributed by atoms with E-state index in [4.69, 9.17) is 4.74 Å². The Bertz CT molecular complexity index is 1440. The molecule has 0 aliphatic heterocycles. The summed E-state index contributed by atoms with van der Waals surface area (Å²) in [7, 11) is 2.93. The number of pyridine rings is 1. The fraction of sp³-hybridized carbons (Fsp3) is 0.333. The third-order valence-electron chi connectivity index (χ3n) is 5.57. The predicted octanol–water partition coefficient (Wildman–Crippen LogP) is 4.52. The Labute approximate surface area is 234 Å². The lowest BCUT2D eigenvalue weighted by atomic mass is 10.1. The molecule has 1 fully saturated rings. The van der Waals surface area contributed by atoms with Gasteiger partial charge in [-0.05, 0) is 57.5 Å². The Kier molecular flexibility index (Phi) is 11.8. The van der Waals surface area contributed by atoms with E-state index in [-0.39, 0.29) is 45.9 Å². The summed E-state index contributed by atoms with van der Waals surface area (Å²) in [5.74, 6) is -2.34. The van der Waals surface area contributed by atoms with Crippen molar-refractivity contribution in [2.45, 2.75) is 46.6 Å². The second-order valence-electron chi connectivity index (χ2n) is 8.51. The molecule has 10 nitrogen and oxygen atoms in total. The van der Waals surface area contributed by atoms with Crippen molar-refractivity contribution in [1.82, 2.24) is 9.88 Å². The quantitative estimate of drug-likeness (QED) is 0.287. The summed E-state index contributed by atoms with van der Waals surface area (Å²) < 4.78 is 59.9. The summed E-state index contributed by atoms with van der Waals surface area (Å²) in [5.41, 5.74) is 4.50. The van der Waals surface area contributed by atoms with Gasteiger partial charge in [0.1, 0.15) is 28.8 Å². The molecule has 218 valence electrons. The van der Waals surface area contributed by atoms with Crippen molar-refractivity contribution in [3.63, 3.8) is 0 Å². The van der Waals surface area contributed by atoms with Gasteiger partial charge in [-0.2, -0.15) is 0 Å². The van der Waals surface area contributed by atoms with Gasteiger partial charge in [-0.25, -0.2) is 8.78 Å². The third-order valence-corrected chi connectivity index (χ3v) is 5.98. The van der Waals surface area contributed by atoms with Crippen molar-refractivity contribution in [3.8, 4) is 11.5 Å². The molecule has 3 aromatic rings. The average molecular weight is 579 g/mol. The van der Waals surface area contributed by atoms with Crippen LogP contribution < -0.4 is 31.4 Å². The van der Waals surface area contributed by atoms with Crippen molar-refractivity contribution < 1.29 is 27.1 Å². The van der Waals surface area contributed by atoms with E-state index in [2.05, 4.69) is 16.4 Å². The van der Waals surface area contributed by atoms with Gasteiger partial charge in [0.25, 0.3) is 11.5 Å². The lowest BCUT2D eigenvalue weighted by Gasteiger charge is -2.21. The zero-order chi connectivity index (χ0) is 30.1. The lowest BCUT2D eigenvalue weighted by Crippen LogP contribution is -2.31. The summed E-state index contributed by atoms with van der Waals surface area (Å²) in [6.45, 7) is 7.16. The molecule has 1 unspecified atom stereocenters. The summed E-state index contributed by atoms with van der Waals surface area (Å²) >= 11 is -2.72. The van der Waals surface area contributed by atoms with Gasteiger partial charge in [0.15, 0.2) is 5.75 Å². The Morgan fingerprint density at radius 3 is 2.35 bits per heavy atom. The molecule has 1 heterocycles. The van der Waals surface area contributed by atoms with Crippen LogP contribution in [0, 0.1) is 25.5 Å². The van der Waals surface area contributed by atoms with Crippen LogP contribution in [0.25, 0.3) is 0 Å². The van der Waals surface area contributed by atoms with Crippen LogP contribution in [0.3, 0.4) is 0 Å². The normalized spacial score (nSPS) is 12.7. The molecular weight excluding hydrogens is 544 g/mol. The second-order valence-corrected chi connectivity index (χ2v) is 9.19. The lowest BCUT2D eigenvalue weighted by molar-refractivity contribution is 0.0948. The molecule has 13 heteroatoms. The number of nitrogens with one attached hydrogen (secondary N) is 3. The highest BCUT2D eigenvalue weighted by atomic mass is 32.2. The maximum absolute atomic E-state index is 14.7. The largest absolute Gasteiger partial charge is 0.755 e. The number of anilines is 3. The fourth-order valence-electron chi connectivity index (χ4n) is 3.63. The van der Waals surface area contributed by atoms with Gasteiger partial charge >= 0.3 is 0 Å². The Morgan fingerprint density at radius 2 is 1.77 bits per heavy atom. The van der Waals surface area contributed by atoms with Gasteiger partial charge in [0, 0.05) is 36.5 Å². The molecule has 0 radical (unpaired) electrons. The minimum Gasteiger partial charge on any atom is -0.755 e. The van der Waals surface area contributed by atoms with E-state index in [9.17, 15) is 27.1 Å². The Balaban J connectivity index is 0.00000134. The number of hydrogen-bond donors (Lipinski definition) is 4. The number of ether oxygens (including phenoxy) is 1. The van der Waals surface area contributed by atoms with Gasteiger partial charge in [-0.3, -0.25) is 18.4 Å². The van der Waals surface area contributed by atoms with Gasteiger partial charge in [0.05, 0.1) is 16.9 Å². The maximum atomic E-state index is 14.7. The number of carbonyl (C=O) groups is 1. The average Bonchev–Trinajstić information content (AvgIpc) is 3.72. The van der Waals surface area contributed by atoms with Crippen molar-refractivity contribution in [1.29, 1.82) is 0 Å². The number of hydrogen-bond acceptors (Lipinski definition) is 7. The van der Waals surface area contributed by atoms with Crippen LogP contribution in [0.5, 0.6) is 11.5 Å². The molecule has 2 aromatic carbocycles. The molecule has 1 aliphatic carbocycles. The number of aryl methyl sites for hydroxylation is 1. The number of amides is 1. The molecule has 40 heavy (non-hydrogen) atoms. The van der Waals surface area contributed by atoms with Crippen LogP contribution in [-0.4, -0.2) is 32.3 Å². The summed E-state index contributed by atoms with van der Waals surface area (Å²) in [6, 6.07) is 7.51. The van der Waals surface area contributed by atoms with Gasteiger partial charge < -0.3 is 30.4 Å². The molecule has 0 spiro atoms. The molecular formula is C27H34F2N5O5S-. The molecule has 1 saturated carbocycles. The van der Waals surface area contributed by atoms with Crippen LogP contribution in [0.2, 0.25) is 0 Å². The van der Waals surface area contributed by atoms with Crippen LogP contribution in [0.15, 0.2) is 41.2 Å². The second kappa shape index (κ2) is 14.5. The standard InChI is InChI=1S/C24H24F2N4O5S.C2H6.CH5N/c1-12-4-7-19(18(26)8-12)28-22-20(23(31)27-15-5-6-15)21(13(2)24(32)30(22)3)35-17-10-14(25)9-16(11-17)29-36(33)34;2*1-2/h4,7-11,15,28-29H,5-6H2,1-3H3,(H,27,31)(H,33,34);1-2H3;2H2,1H3/p-1. The number of nitrogens with two attached hydrogens (primary N) is 1. The Hall–Kier alpha value is -3.81. The summed E-state index contributed by atoms with van der Waals surface area (Å²) in [4.78, 5) is 26.4. The van der Waals surface area contributed by atoms with Crippen LogP contribution in [0.1, 0.15) is 48.2 Å². The molecule has 0 bridgehead atoms. The summed E-state index contributed by atoms with van der Waals surface area (Å²) in [6.07, 6.45) is 1.57. The van der Waals surface area contributed by atoms with Crippen molar-refractivity contribution >= 4 is 34.4 Å². The first kappa shape index (κ1) is 32.4. The minimum absolute atomic E-state index is 0.0287. The topological polar surface area (TPSA) is 151 Å². The molecule has 1 aromatic heterocycles. The number of nitrogens with zero attached hydrogens (tertiary/aromatic N) is 1.